The van der Waals surface area contributed by atoms with E-state index in [0.29, 0.717) is 33.7 Å². The fraction of sp³-hybridized carbons (Fsp3) is 0.318. The molecule has 0 spiro atoms. The summed E-state index contributed by atoms with van der Waals surface area (Å²) in [5.74, 6) is 0.120. The van der Waals surface area contributed by atoms with Crippen molar-refractivity contribution in [3.8, 4) is 11.7 Å². The summed E-state index contributed by atoms with van der Waals surface area (Å²) >= 11 is 5.91. The minimum atomic E-state index is -0.341. The Labute approximate surface area is 175 Å². The molecule has 0 radical (unpaired) electrons. The minimum absolute atomic E-state index is 0.184. The standard InChI is InChI=1S/C22H25ClN4O2/c1-3-26(4-2)13-7-12-24-15-19-17-8-5-6-9-18(17)21(28)27(22(19)29)20-11-10-16(23)14-25-20/h5-6,8-11,14-15,29H,3-4,7,12-13H2,1-2H3. The fourth-order valence-electron chi connectivity index (χ4n) is 3.28. The maximum atomic E-state index is 13.0. The largest absolute Gasteiger partial charge is 0.494 e. The van der Waals surface area contributed by atoms with Crippen molar-refractivity contribution in [1.82, 2.24) is 14.5 Å². The number of halogens is 1. The lowest BCUT2D eigenvalue weighted by Crippen LogP contribution is -2.24. The second-order valence-electron chi connectivity index (χ2n) is 6.67. The van der Waals surface area contributed by atoms with Crippen molar-refractivity contribution in [3.05, 3.63) is 63.5 Å². The lowest BCUT2D eigenvalue weighted by atomic mass is 10.1. The third-order valence-electron chi connectivity index (χ3n) is 4.92. The van der Waals surface area contributed by atoms with Crippen LogP contribution in [0, 0.1) is 0 Å². The van der Waals surface area contributed by atoms with Gasteiger partial charge in [-0.05, 0) is 44.3 Å². The summed E-state index contributed by atoms with van der Waals surface area (Å²) < 4.78 is 1.19. The zero-order chi connectivity index (χ0) is 20.8. The lowest BCUT2D eigenvalue weighted by molar-refractivity contribution is 0.302. The lowest BCUT2D eigenvalue weighted by Gasteiger charge is -2.16. The number of aliphatic imine (C=N–C) groups is 1. The number of hydrogen-bond acceptors (Lipinski definition) is 5. The second kappa shape index (κ2) is 9.67. The fourth-order valence-corrected chi connectivity index (χ4v) is 3.40. The van der Waals surface area contributed by atoms with Crippen LogP contribution in [0.15, 0.2) is 52.4 Å². The molecule has 2 heterocycles. The molecule has 29 heavy (non-hydrogen) atoms. The van der Waals surface area contributed by atoms with Crippen molar-refractivity contribution in [2.45, 2.75) is 20.3 Å². The van der Waals surface area contributed by atoms with Gasteiger partial charge in [-0.3, -0.25) is 9.79 Å². The summed E-state index contributed by atoms with van der Waals surface area (Å²) in [7, 11) is 0. The molecule has 0 atom stereocenters. The first-order chi connectivity index (χ1) is 14.1. The molecule has 1 N–H and O–H groups in total. The molecule has 0 aliphatic rings. The van der Waals surface area contributed by atoms with Gasteiger partial charge >= 0.3 is 0 Å². The van der Waals surface area contributed by atoms with E-state index in [1.54, 1.807) is 30.5 Å². The van der Waals surface area contributed by atoms with Gasteiger partial charge in [-0.15, -0.1) is 0 Å². The van der Waals surface area contributed by atoms with E-state index >= 15 is 0 Å². The molecule has 0 saturated carbocycles. The maximum Gasteiger partial charge on any atom is 0.267 e. The second-order valence-corrected chi connectivity index (χ2v) is 7.11. The van der Waals surface area contributed by atoms with Crippen molar-refractivity contribution in [2.75, 3.05) is 26.2 Å². The van der Waals surface area contributed by atoms with Crippen LogP contribution in [0.4, 0.5) is 0 Å². The van der Waals surface area contributed by atoms with Gasteiger partial charge in [0.05, 0.1) is 10.6 Å². The quantitative estimate of drug-likeness (QED) is 0.450. The number of rotatable bonds is 8. The topological polar surface area (TPSA) is 70.7 Å². The highest BCUT2D eigenvalue weighted by atomic mass is 35.5. The molecule has 3 aromatic rings. The van der Waals surface area contributed by atoms with Crippen molar-refractivity contribution < 1.29 is 5.11 Å². The average molecular weight is 413 g/mol. The Balaban J connectivity index is 1.99. The molecule has 0 bridgehead atoms. The highest BCUT2D eigenvalue weighted by Gasteiger charge is 2.16. The summed E-state index contributed by atoms with van der Waals surface area (Å²) in [6.07, 6.45) is 4.01. The Morgan fingerprint density at radius 1 is 1.17 bits per heavy atom. The Kier molecular flexibility index (Phi) is 7.01. The normalized spacial score (nSPS) is 11.7. The van der Waals surface area contributed by atoms with E-state index in [0.717, 1.165) is 26.1 Å². The predicted molar refractivity (Wildman–Crippen MR) is 119 cm³/mol. The Morgan fingerprint density at radius 2 is 1.90 bits per heavy atom. The zero-order valence-electron chi connectivity index (χ0n) is 16.7. The van der Waals surface area contributed by atoms with E-state index in [2.05, 4.69) is 28.7 Å². The molecule has 0 unspecified atom stereocenters. The molecule has 152 valence electrons. The number of pyridine rings is 2. The summed E-state index contributed by atoms with van der Waals surface area (Å²) in [6, 6.07) is 10.4. The number of aromatic hydroxyl groups is 1. The molecule has 0 saturated heterocycles. The van der Waals surface area contributed by atoms with Gasteiger partial charge in [-0.2, -0.15) is 0 Å². The summed E-state index contributed by atoms with van der Waals surface area (Å²) in [6.45, 7) is 7.94. The SMILES string of the molecule is CCN(CC)CCCN=Cc1c(O)n(-c2ccc(Cl)cn2)c(=O)c2ccccc12. The van der Waals surface area contributed by atoms with E-state index in [1.807, 2.05) is 12.1 Å². The Hall–Kier alpha value is -2.70. The van der Waals surface area contributed by atoms with Crippen LogP contribution in [0.2, 0.25) is 5.02 Å². The molecular formula is C22H25ClN4O2. The molecule has 0 fully saturated rings. The minimum Gasteiger partial charge on any atom is -0.494 e. The number of aromatic nitrogens is 2. The molecule has 6 nitrogen and oxygen atoms in total. The molecule has 0 amide bonds. The Morgan fingerprint density at radius 3 is 2.55 bits per heavy atom. The third kappa shape index (κ3) is 4.66. The number of benzene rings is 1. The van der Waals surface area contributed by atoms with Gasteiger partial charge in [0.25, 0.3) is 5.56 Å². The van der Waals surface area contributed by atoms with E-state index in [9.17, 15) is 9.90 Å². The van der Waals surface area contributed by atoms with Crippen LogP contribution < -0.4 is 5.56 Å². The first-order valence-electron chi connectivity index (χ1n) is 9.77. The first kappa shape index (κ1) is 21.0. The van der Waals surface area contributed by atoms with Gasteiger partial charge in [0, 0.05) is 29.7 Å². The van der Waals surface area contributed by atoms with Crippen molar-refractivity contribution in [1.29, 1.82) is 0 Å². The van der Waals surface area contributed by atoms with Crippen LogP contribution in [0.5, 0.6) is 5.88 Å². The van der Waals surface area contributed by atoms with Gasteiger partial charge in [0.1, 0.15) is 5.82 Å². The van der Waals surface area contributed by atoms with Gasteiger partial charge in [-0.25, -0.2) is 9.55 Å². The van der Waals surface area contributed by atoms with E-state index in [4.69, 9.17) is 11.6 Å². The van der Waals surface area contributed by atoms with Crippen LogP contribution in [0.3, 0.4) is 0 Å². The monoisotopic (exact) mass is 412 g/mol. The maximum absolute atomic E-state index is 13.0. The average Bonchev–Trinajstić information content (AvgIpc) is 2.74. The summed E-state index contributed by atoms with van der Waals surface area (Å²) in [4.78, 5) is 24.0. The van der Waals surface area contributed by atoms with Crippen LogP contribution >= 0.6 is 11.6 Å². The van der Waals surface area contributed by atoms with Crippen molar-refractivity contribution in [2.24, 2.45) is 4.99 Å². The molecule has 1 aromatic carbocycles. The predicted octanol–water partition coefficient (Wildman–Crippen LogP) is 3.90. The van der Waals surface area contributed by atoms with Crippen LogP contribution in [0.1, 0.15) is 25.8 Å². The van der Waals surface area contributed by atoms with Crippen LogP contribution in [-0.2, 0) is 0 Å². The van der Waals surface area contributed by atoms with Crippen LogP contribution in [-0.4, -0.2) is 52.0 Å². The van der Waals surface area contributed by atoms with Crippen molar-refractivity contribution in [3.63, 3.8) is 0 Å². The number of hydrogen-bond donors (Lipinski definition) is 1. The summed E-state index contributed by atoms with van der Waals surface area (Å²) in [5.41, 5.74) is 0.159. The zero-order valence-corrected chi connectivity index (χ0v) is 17.4. The van der Waals surface area contributed by atoms with Gasteiger partial charge in [0.2, 0.25) is 5.88 Å². The van der Waals surface area contributed by atoms with Crippen molar-refractivity contribution >= 4 is 28.6 Å². The van der Waals surface area contributed by atoms with Gasteiger partial charge in [-0.1, -0.05) is 43.6 Å². The molecule has 3 rings (SSSR count). The van der Waals surface area contributed by atoms with Crippen LogP contribution in [0.25, 0.3) is 16.6 Å². The third-order valence-corrected chi connectivity index (χ3v) is 5.14. The smallest absolute Gasteiger partial charge is 0.267 e. The number of nitrogens with zero attached hydrogens (tertiary/aromatic N) is 4. The molecule has 2 aromatic heterocycles. The van der Waals surface area contributed by atoms with Gasteiger partial charge in [0.15, 0.2) is 0 Å². The van der Waals surface area contributed by atoms with E-state index in [1.165, 1.54) is 10.8 Å². The molecule has 0 aliphatic carbocycles. The number of fused-ring (bicyclic) bond motifs is 1. The molecular weight excluding hydrogens is 388 g/mol. The molecule has 7 heteroatoms. The highest BCUT2D eigenvalue weighted by molar-refractivity contribution is 6.30. The summed E-state index contributed by atoms with van der Waals surface area (Å²) in [5, 5.41) is 12.5. The highest BCUT2D eigenvalue weighted by Crippen LogP contribution is 2.25. The first-order valence-corrected chi connectivity index (χ1v) is 10.2. The van der Waals surface area contributed by atoms with E-state index < -0.39 is 0 Å². The molecule has 0 aliphatic heterocycles. The van der Waals surface area contributed by atoms with E-state index in [-0.39, 0.29) is 11.4 Å². The van der Waals surface area contributed by atoms with Gasteiger partial charge < -0.3 is 10.0 Å². The Bertz CT molecular complexity index is 1060.